The van der Waals surface area contributed by atoms with Gasteiger partial charge in [-0.15, -0.1) is 0 Å². The van der Waals surface area contributed by atoms with Gasteiger partial charge >= 0.3 is 0 Å². The molecule has 4 rings (SSSR count). The van der Waals surface area contributed by atoms with Gasteiger partial charge < -0.3 is 4.90 Å². The van der Waals surface area contributed by atoms with Crippen LogP contribution in [0.3, 0.4) is 0 Å². The molecule has 2 aliphatic carbocycles. The summed E-state index contributed by atoms with van der Waals surface area (Å²) in [6, 6.07) is 4.68. The van der Waals surface area contributed by atoms with Gasteiger partial charge in [0.2, 0.25) is 11.8 Å². The van der Waals surface area contributed by atoms with E-state index in [4.69, 9.17) is 0 Å². The van der Waals surface area contributed by atoms with Crippen LogP contribution in [-0.4, -0.2) is 34.7 Å². The summed E-state index contributed by atoms with van der Waals surface area (Å²) in [5, 5.41) is 0. The first-order chi connectivity index (χ1) is 13.6. The van der Waals surface area contributed by atoms with E-state index < -0.39 is 11.9 Å². The predicted octanol–water partition coefficient (Wildman–Crippen LogP) is 3.81. The highest BCUT2D eigenvalue weighted by Crippen LogP contribution is 2.35. The number of anilines is 1. The first kappa shape index (κ1) is 19.1. The third-order valence-electron chi connectivity index (χ3n) is 6.47. The van der Waals surface area contributed by atoms with Crippen LogP contribution < -0.4 is 4.90 Å². The van der Waals surface area contributed by atoms with Gasteiger partial charge in [0, 0.05) is 12.0 Å². The first-order valence-electron chi connectivity index (χ1n) is 10.5. The molecule has 0 N–H and O–H groups in total. The molecule has 28 heavy (non-hydrogen) atoms. The average Bonchev–Trinajstić information content (AvgIpc) is 3.33. The number of halogens is 1. The van der Waals surface area contributed by atoms with Crippen molar-refractivity contribution < 1.29 is 18.8 Å². The van der Waals surface area contributed by atoms with Crippen molar-refractivity contribution in [3.8, 4) is 0 Å². The van der Waals surface area contributed by atoms with E-state index in [1.807, 2.05) is 0 Å². The molecule has 0 aromatic heterocycles. The molecule has 1 atom stereocenters. The lowest BCUT2D eigenvalue weighted by Gasteiger charge is -2.36. The number of hydrogen-bond donors (Lipinski definition) is 0. The summed E-state index contributed by atoms with van der Waals surface area (Å²) in [5.74, 6) is -1.07. The van der Waals surface area contributed by atoms with Gasteiger partial charge in [0.1, 0.15) is 11.9 Å². The Hall–Kier alpha value is -2.24. The summed E-state index contributed by atoms with van der Waals surface area (Å²) in [7, 11) is 0. The van der Waals surface area contributed by atoms with Crippen LogP contribution in [0.4, 0.5) is 10.1 Å². The molecule has 1 aromatic carbocycles. The van der Waals surface area contributed by atoms with Gasteiger partial charge in [0.05, 0.1) is 12.1 Å². The molecular weight excluding hydrogens is 359 g/mol. The maximum absolute atomic E-state index is 13.4. The number of benzene rings is 1. The maximum atomic E-state index is 13.4. The minimum Gasteiger partial charge on any atom is -0.327 e. The third kappa shape index (κ3) is 3.56. The number of carbonyl (C=O) groups excluding carboxylic acids is 3. The Bertz CT molecular complexity index is 752. The molecule has 3 aliphatic rings. The quantitative estimate of drug-likeness (QED) is 0.740. The van der Waals surface area contributed by atoms with Crippen LogP contribution >= 0.6 is 0 Å². The van der Waals surface area contributed by atoms with Gasteiger partial charge in [0.15, 0.2) is 0 Å². The Morgan fingerprint density at radius 3 is 2.18 bits per heavy atom. The van der Waals surface area contributed by atoms with Crippen molar-refractivity contribution in [1.29, 1.82) is 0 Å². The maximum Gasteiger partial charge on any atom is 0.257 e. The molecule has 1 unspecified atom stereocenters. The molecule has 3 fully saturated rings. The zero-order chi connectivity index (χ0) is 19.7. The topological polar surface area (TPSA) is 57.7 Å². The zero-order valence-corrected chi connectivity index (χ0v) is 16.1. The molecule has 0 bridgehead atoms. The Kier molecular flexibility index (Phi) is 5.47. The average molecular weight is 386 g/mol. The molecule has 3 amide bonds. The van der Waals surface area contributed by atoms with Gasteiger partial charge in [0.25, 0.3) is 5.91 Å². The van der Waals surface area contributed by atoms with Crippen LogP contribution in [0.25, 0.3) is 0 Å². The summed E-state index contributed by atoms with van der Waals surface area (Å²) >= 11 is 0. The standard InChI is InChI=1S/C22H27FN2O3/c23-16-10-12-18(13-11-16)25-20(26)14-19(22(25)28)24(17-8-4-5-9-17)21(27)15-6-2-1-3-7-15/h10-13,15,17,19H,1-9,14H2. The van der Waals surface area contributed by atoms with Gasteiger partial charge in [-0.3, -0.25) is 14.4 Å². The zero-order valence-electron chi connectivity index (χ0n) is 16.1. The molecule has 1 saturated heterocycles. The summed E-state index contributed by atoms with van der Waals surface area (Å²) in [6.07, 6.45) is 8.92. The van der Waals surface area contributed by atoms with Crippen LogP contribution in [0.2, 0.25) is 0 Å². The number of carbonyl (C=O) groups is 3. The molecule has 150 valence electrons. The van der Waals surface area contributed by atoms with Crippen LogP contribution in [0, 0.1) is 11.7 Å². The van der Waals surface area contributed by atoms with Crippen LogP contribution in [-0.2, 0) is 14.4 Å². The summed E-state index contributed by atoms with van der Waals surface area (Å²) in [4.78, 5) is 42.2. The van der Waals surface area contributed by atoms with E-state index in [2.05, 4.69) is 0 Å². The highest BCUT2D eigenvalue weighted by atomic mass is 19.1. The van der Waals surface area contributed by atoms with Crippen molar-refractivity contribution in [2.45, 2.75) is 76.3 Å². The lowest BCUT2D eigenvalue weighted by Crippen LogP contribution is -2.52. The Morgan fingerprint density at radius 1 is 0.929 bits per heavy atom. The van der Waals surface area contributed by atoms with Crippen LogP contribution in [0.1, 0.15) is 64.2 Å². The molecule has 0 spiro atoms. The number of nitrogens with zero attached hydrogens (tertiary/aromatic N) is 2. The predicted molar refractivity (Wildman–Crippen MR) is 103 cm³/mol. The molecule has 0 radical (unpaired) electrons. The van der Waals surface area contributed by atoms with Crippen LogP contribution in [0.5, 0.6) is 0 Å². The second-order valence-electron chi connectivity index (χ2n) is 8.28. The van der Waals surface area contributed by atoms with Gasteiger partial charge in [-0.1, -0.05) is 32.1 Å². The Labute approximate surface area is 164 Å². The SMILES string of the molecule is O=C1CC(N(C(=O)C2CCCCC2)C2CCCC2)C(=O)N1c1ccc(F)cc1. The van der Waals surface area contributed by atoms with Crippen molar-refractivity contribution in [1.82, 2.24) is 4.90 Å². The smallest absolute Gasteiger partial charge is 0.257 e. The van der Waals surface area contributed by atoms with E-state index in [1.54, 1.807) is 4.90 Å². The largest absolute Gasteiger partial charge is 0.327 e. The van der Waals surface area contributed by atoms with E-state index in [9.17, 15) is 18.8 Å². The van der Waals surface area contributed by atoms with Crippen molar-refractivity contribution in [2.75, 3.05) is 4.90 Å². The monoisotopic (exact) mass is 386 g/mol. The van der Waals surface area contributed by atoms with Crippen molar-refractivity contribution in [2.24, 2.45) is 5.92 Å². The highest BCUT2D eigenvalue weighted by Gasteiger charge is 2.47. The highest BCUT2D eigenvalue weighted by molar-refractivity contribution is 6.23. The fraction of sp³-hybridized carbons (Fsp3) is 0.591. The third-order valence-corrected chi connectivity index (χ3v) is 6.47. The van der Waals surface area contributed by atoms with E-state index in [-0.39, 0.29) is 36.1 Å². The summed E-state index contributed by atoms with van der Waals surface area (Å²) in [6.45, 7) is 0. The van der Waals surface area contributed by atoms with Gasteiger partial charge in [-0.05, 0) is 49.9 Å². The van der Waals surface area contributed by atoms with Crippen LogP contribution in [0.15, 0.2) is 24.3 Å². The first-order valence-corrected chi connectivity index (χ1v) is 10.5. The lowest BCUT2D eigenvalue weighted by molar-refractivity contribution is -0.145. The summed E-state index contributed by atoms with van der Waals surface area (Å²) in [5.41, 5.74) is 0.371. The fourth-order valence-electron chi connectivity index (χ4n) is 5.03. The number of imide groups is 1. The van der Waals surface area contributed by atoms with Crippen molar-refractivity contribution in [3.05, 3.63) is 30.1 Å². The molecule has 5 nitrogen and oxygen atoms in total. The van der Waals surface area contributed by atoms with E-state index in [0.717, 1.165) is 62.7 Å². The van der Waals surface area contributed by atoms with Gasteiger partial charge in [-0.2, -0.15) is 0 Å². The Morgan fingerprint density at radius 2 is 1.54 bits per heavy atom. The van der Waals surface area contributed by atoms with E-state index in [0.29, 0.717) is 5.69 Å². The number of hydrogen-bond acceptors (Lipinski definition) is 3. The molecule has 1 aliphatic heterocycles. The fourth-order valence-corrected chi connectivity index (χ4v) is 5.03. The van der Waals surface area contributed by atoms with E-state index >= 15 is 0 Å². The molecular formula is C22H27FN2O3. The van der Waals surface area contributed by atoms with Gasteiger partial charge in [-0.25, -0.2) is 9.29 Å². The summed E-state index contributed by atoms with van der Waals surface area (Å²) < 4.78 is 13.2. The molecule has 1 aromatic rings. The van der Waals surface area contributed by atoms with Crippen molar-refractivity contribution >= 4 is 23.4 Å². The van der Waals surface area contributed by atoms with Crippen molar-refractivity contribution in [3.63, 3.8) is 0 Å². The lowest BCUT2D eigenvalue weighted by atomic mass is 9.87. The number of amides is 3. The number of rotatable bonds is 4. The molecule has 6 heteroatoms. The Balaban J connectivity index is 1.60. The normalized spacial score (nSPS) is 24.2. The second kappa shape index (κ2) is 8.02. The minimum atomic E-state index is -0.727. The molecule has 2 saturated carbocycles. The second-order valence-corrected chi connectivity index (χ2v) is 8.28. The molecule has 1 heterocycles. The van der Waals surface area contributed by atoms with E-state index in [1.165, 1.54) is 24.3 Å². The minimum absolute atomic E-state index is 0.0190.